The highest BCUT2D eigenvalue weighted by atomic mass is 32.2. The van der Waals surface area contributed by atoms with Crippen molar-refractivity contribution in [3.8, 4) is 5.75 Å². The normalized spacial score (nSPS) is 12.0. The number of phenols is 1. The van der Waals surface area contributed by atoms with E-state index in [-0.39, 0.29) is 10.6 Å². The van der Waals surface area contributed by atoms with E-state index in [0.717, 1.165) is 0 Å². The molecule has 0 aliphatic rings. The molecule has 0 saturated heterocycles. The first-order valence-electron chi connectivity index (χ1n) is 4.65. The lowest BCUT2D eigenvalue weighted by Crippen LogP contribution is -2.26. The van der Waals surface area contributed by atoms with Gasteiger partial charge in [-0.2, -0.15) is 0 Å². The summed E-state index contributed by atoms with van der Waals surface area (Å²) in [5, 5.41) is 9.30. The average molecular weight is 229 g/mol. The van der Waals surface area contributed by atoms with Gasteiger partial charge in [-0.3, -0.25) is 0 Å². The van der Waals surface area contributed by atoms with Crippen LogP contribution in [0.1, 0.15) is 12.5 Å². The lowest BCUT2D eigenvalue weighted by molar-refractivity contribution is 0.469. The minimum Gasteiger partial charge on any atom is -0.508 e. The van der Waals surface area contributed by atoms with E-state index in [1.54, 1.807) is 13.8 Å². The van der Waals surface area contributed by atoms with Gasteiger partial charge in [-0.1, -0.05) is 6.92 Å². The summed E-state index contributed by atoms with van der Waals surface area (Å²) in [6.07, 6.45) is 0. The molecule has 0 heterocycles. The van der Waals surface area contributed by atoms with Crippen molar-refractivity contribution in [1.29, 1.82) is 0 Å². The average Bonchev–Trinajstić information content (AvgIpc) is 2.20. The molecule has 0 unspecified atom stereocenters. The molecular formula is C10H15NO3S. The van der Waals surface area contributed by atoms with Crippen molar-refractivity contribution < 1.29 is 13.5 Å². The number of nitrogens with zero attached hydrogens (tertiary/aromatic N) is 1. The van der Waals surface area contributed by atoms with Crippen molar-refractivity contribution in [3.63, 3.8) is 0 Å². The Morgan fingerprint density at radius 1 is 1.40 bits per heavy atom. The Kier molecular flexibility index (Phi) is 3.36. The lowest BCUT2D eigenvalue weighted by Gasteiger charge is -2.15. The number of sulfonamides is 1. The monoisotopic (exact) mass is 229 g/mol. The molecule has 5 heteroatoms. The topological polar surface area (TPSA) is 57.6 Å². The zero-order chi connectivity index (χ0) is 11.6. The van der Waals surface area contributed by atoms with E-state index >= 15 is 0 Å². The summed E-state index contributed by atoms with van der Waals surface area (Å²) in [5.74, 6) is 0.105. The minimum atomic E-state index is -3.41. The molecule has 15 heavy (non-hydrogen) atoms. The molecule has 0 aliphatic carbocycles. The second-order valence-corrected chi connectivity index (χ2v) is 5.41. The lowest BCUT2D eigenvalue weighted by atomic mass is 10.2. The number of benzene rings is 1. The first kappa shape index (κ1) is 12.0. The van der Waals surface area contributed by atoms with Gasteiger partial charge in [0.05, 0.1) is 4.90 Å². The Morgan fingerprint density at radius 3 is 2.47 bits per heavy atom. The zero-order valence-corrected chi connectivity index (χ0v) is 9.87. The van der Waals surface area contributed by atoms with E-state index in [4.69, 9.17) is 0 Å². The smallest absolute Gasteiger partial charge is 0.242 e. The quantitative estimate of drug-likeness (QED) is 0.851. The molecule has 0 bridgehead atoms. The molecule has 1 rings (SSSR count). The fraction of sp³-hybridized carbons (Fsp3) is 0.400. The third-order valence-electron chi connectivity index (χ3n) is 2.32. The molecule has 1 aromatic carbocycles. The molecule has 0 saturated carbocycles. The van der Waals surface area contributed by atoms with E-state index in [9.17, 15) is 13.5 Å². The van der Waals surface area contributed by atoms with Crippen LogP contribution in [0.25, 0.3) is 0 Å². The largest absolute Gasteiger partial charge is 0.508 e. The van der Waals surface area contributed by atoms with Crippen LogP contribution in [-0.2, 0) is 10.0 Å². The molecule has 0 aliphatic heterocycles. The van der Waals surface area contributed by atoms with Gasteiger partial charge in [-0.25, -0.2) is 12.7 Å². The Hall–Kier alpha value is -1.07. The number of hydrogen-bond acceptors (Lipinski definition) is 3. The summed E-state index contributed by atoms with van der Waals surface area (Å²) in [6.45, 7) is 3.85. The van der Waals surface area contributed by atoms with Crippen molar-refractivity contribution in [3.05, 3.63) is 23.8 Å². The Morgan fingerprint density at radius 2 is 2.00 bits per heavy atom. The van der Waals surface area contributed by atoms with Crippen molar-refractivity contribution >= 4 is 10.0 Å². The molecule has 0 aromatic heterocycles. The number of hydrogen-bond donors (Lipinski definition) is 1. The van der Waals surface area contributed by atoms with Crippen LogP contribution in [0.15, 0.2) is 23.1 Å². The third kappa shape index (κ3) is 2.30. The molecule has 1 aromatic rings. The van der Waals surface area contributed by atoms with E-state index in [1.165, 1.54) is 29.6 Å². The summed E-state index contributed by atoms with van der Waals surface area (Å²) < 4.78 is 25.0. The second kappa shape index (κ2) is 4.20. The SMILES string of the molecule is CCN(C)S(=O)(=O)c1ccc(O)c(C)c1. The summed E-state index contributed by atoms with van der Waals surface area (Å²) >= 11 is 0. The maximum Gasteiger partial charge on any atom is 0.242 e. The molecule has 0 atom stereocenters. The molecule has 1 N–H and O–H groups in total. The molecule has 0 radical (unpaired) electrons. The molecule has 4 nitrogen and oxygen atoms in total. The number of rotatable bonds is 3. The van der Waals surface area contributed by atoms with E-state index < -0.39 is 10.0 Å². The van der Waals surface area contributed by atoms with Crippen LogP contribution in [0.4, 0.5) is 0 Å². The predicted octanol–water partition coefficient (Wildman–Crippen LogP) is 1.34. The van der Waals surface area contributed by atoms with Crippen LogP contribution >= 0.6 is 0 Å². The molecule has 0 amide bonds. The highest BCUT2D eigenvalue weighted by Crippen LogP contribution is 2.21. The van der Waals surface area contributed by atoms with Crippen molar-refractivity contribution in [1.82, 2.24) is 4.31 Å². The van der Waals surface area contributed by atoms with Crippen molar-refractivity contribution in [2.24, 2.45) is 0 Å². The Bertz CT molecular complexity index is 454. The van der Waals surface area contributed by atoms with Gasteiger partial charge in [-0.05, 0) is 30.7 Å². The van der Waals surface area contributed by atoms with E-state index in [2.05, 4.69) is 0 Å². The molecular weight excluding hydrogens is 214 g/mol. The van der Waals surface area contributed by atoms with Gasteiger partial charge in [0.15, 0.2) is 0 Å². The van der Waals surface area contributed by atoms with Gasteiger partial charge in [0, 0.05) is 13.6 Å². The Labute approximate surface area is 90.2 Å². The molecule has 0 spiro atoms. The van der Waals surface area contributed by atoms with Crippen molar-refractivity contribution in [2.45, 2.75) is 18.7 Å². The van der Waals surface area contributed by atoms with Crippen LogP contribution in [0.3, 0.4) is 0 Å². The summed E-state index contributed by atoms with van der Waals surface area (Å²) in [4.78, 5) is 0.210. The predicted molar refractivity (Wildman–Crippen MR) is 58.3 cm³/mol. The van der Waals surface area contributed by atoms with Crippen LogP contribution in [-0.4, -0.2) is 31.4 Å². The zero-order valence-electron chi connectivity index (χ0n) is 9.06. The highest BCUT2D eigenvalue weighted by molar-refractivity contribution is 7.89. The van der Waals surface area contributed by atoms with Crippen LogP contribution in [0.5, 0.6) is 5.75 Å². The van der Waals surface area contributed by atoms with Gasteiger partial charge in [0.1, 0.15) is 5.75 Å². The maximum atomic E-state index is 11.9. The second-order valence-electron chi connectivity index (χ2n) is 3.37. The van der Waals surface area contributed by atoms with E-state index in [1.807, 2.05) is 0 Å². The van der Waals surface area contributed by atoms with Crippen molar-refractivity contribution in [2.75, 3.05) is 13.6 Å². The van der Waals surface area contributed by atoms with Gasteiger partial charge < -0.3 is 5.11 Å². The summed E-state index contributed by atoms with van der Waals surface area (Å²) in [7, 11) is -1.88. The van der Waals surface area contributed by atoms with E-state index in [0.29, 0.717) is 12.1 Å². The minimum absolute atomic E-state index is 0.105. The third-order valence-corrected chi connectivity index (χ3v) is 4.25. The van der Waals surface area contributed by atoms with Gasteiger partial charge in [-0.15, -0.1) is 0 Å². The van der Waals surface area contributed by atoms with Gasteiger partial charge in [0.25, 0.3) is 0 Å². The number of aryl methyl sites for hydroxylation is 1. The first-order valence-corrected chi connectivity index (χ1v) is 6.09. The Balaban J connectivity index is 3.23. The number of phenolic OH excluding ortho intramolecular Hbond substituents is 1. The van der Waals surface area contributed by atoms with Gasteiger partial charge in [0.2, 0.25) is 10.0 Å². The standard InChI is InChI=1S/C10H15NO3S/c1-4-11(3)15(13,14)9-5-6-10(12)8(2)7-9/h5-7,12H,4H2,1-3H3. The highest BCUT2D eigenvalue weighted by Gasteiger charge is 2.19. The maximum absolute atomic E-state index is 11.9. The number of aromatic hydroxyl groups is 1. The molecule has 84 valence electrons. The van der Waals surface area contributed by atoms with Gasteiger partial charge >= 0.3 is 0 Å². The molecule has 0 fully saturated rings. The van der Waals surface area contributed by atoms with Crippen LogP contribution in [0, 0.1) is 6.92 Å². The fourth-order valence-electron chi connectivity index (χ4n) is 1.14. The van der Waals surface area contributed by atoms with Crippen LogP contribution in [0.2, 0.25) is 0 Å². The summed E-state index contributed by atoms with van der Waals surface area (Å²) in [6, 6.07) is 4.27. The first-order chi connectivity index (χ1) is 6.89. The van der Waals surface area contributed by atoms with Crippen LogP contribution < -0.4 is 0 Å². The fourth-order valence-corrected chi connectivity index (χ4v) is 2.40. The summed E-state index contributed by atoms with van der Waals surface area (Å²) in [5.41, 5.74) is 0.556.